The molecule has 0 radical (unpaired) electrons. The maximum atomic E-state index is 13.1. The number of amides is 1. The molecule has 178 valence electrons. The first-order valence-corrected chi connectivity index (χ1v) is 10.7. The van der Waals surface area contributed by atoms with E-state index >= 15 is 0 Å². The van der Waals surface area contributed by atoms with Gasteiger partial charge in [0.25, 0.3) is 5.91 Å². The quantitative estimate of drug-likeness (QED) is 0.617. The average Bonchev–Trinajstić information content (AvgIpc) is 2.83. The Morgan fingerprint density at radius 3 is 2.44 bits per heavy atom. The van der Waals surface area contributed by atoms with Crippen LogP contribution in [-0.4, -0.2) is 42.0 Å². The van der Waals surface area contributed by atoms with Crippen molar-refractivity contribution in [3.05, 3.63) is 87.3 Å². The van der Waals surface area contributed by atoms with E-state index in [0.29, 0.717) is 18.9 Å². The Bertz CT molecular complexity index is 1230. The van der Waals surface area contributed by atoms with Gasteiger partial charge < -0.3 is 15.0 Å². The van der Waals surface area contributed by atoms with Gasteiger partial charge in [0.1, 0.15) is 0 Å². The Labute approximate surface area is 193 Å². The van der Waals surface area contributed by atoms with Crippen LogP contribution in [0.1, 0.15) is 27.3 Å². The lowest BCUT2D eigenvalue weighted by atomic mass is 10.2. The second-order valence-electron chi connectivity index (χ2n) is 7.91. The zero-order valence-corrected chi connectivity index (χ0v) is 18.4. The lowest BCUT2D eigenvalue weighted by Gasteiger charge is -2.28. The minimum atomic E-state index is -4.53. The second-order valence-corrected chi connectivity index (χ2v) is 7.91. The van der Waals surface area contributed by atoms with Crippen molar-refractivity contribution in [3.8, 4) is 5.69 Å². The highest BCUT2D eigenvalue weighted by atomic mass is 19.4. The van der Waals surface area contributed by atoms with E-state index in [0.717, 1.165) is 41.2 Å². The number of rotatable bonds is 5. The van der Waals surface area contributed by atoms with Crippen molar-refractivity contribution in [1.82, 2.24) is 15.1 Å². The van der Waals surface area contributed by atoms with Crippen LogP contribution in [0.4, 0.5) is 18.9 Å². The number of nitrogens with zero attached hydrogens (tertiary/aromatic N) is 3. The van der Waals surface area contributed by atoms with E-state index in [1.807, 2.05) is 24.3 Å². The molecule has 1 N–H and O–H groups in total. The van der Waals surface area contributed by atoms with Crippen LogP contribution in [-0.2, 0) is 17.5 Å². The predicted octanol–water partition coefficient (Wildman–Crippen LogP) is 3.33. The molecule has 4 rings (SSSR count). The fourth-order valence-electron chi connectivity index (χ4n) is 3.69. The van der Waals surface area contributed by atoms with Gasteiger partial charge in [-0.2, -0.15) is 18.3 Å². The topological polar surface area (TPSA) is 76.5 Å². The molecule has 0 saturated carbocycles. The summed E-state index contributed by atoms with van der Waals surface area (Å²) in [4.78, 5) is 27.3. The molecule has 1 amide bonds. The SMILES string of the molecule is Cc1cc(=O)c(C(=O)NCc2ccc(N3CCOCC3)cc2)nn1-c1cccc(C(F)(F)F)c1. The van der Waals surface area contributed by atoms with E-state index in [4.69, 9.17) is 4.74 Å². The van der Waals surface area contributed by atoms with Gasteiger partial charge in [-0.05, 0) is 42.8 Å². The summed E-state index contributed by atoms with van der Waals surface area (Å²) in [5, 5.41) is 6.72. The fourth-order valence-corrected chi connectivity index (χ4v) is 3.69. The Morgan fingerprint density at radius 1 is 1.06 bits per heavy atom. The zero-order valence-electron chi connectivity index (χ0n) is 18.4. The van der Waals surface area contributed by atoms with Crippen molar-refractivity contribution in [2.45, 2.75) is 19.6 Å². The Kier molecular flexibility index (Phi) is 6.69. The molecule has 1 saturated heterocycles. The van der Waals surface area contributed by atoms with Crippen molar-refractivity contribution in [2.24, 2.45) is 0 Å². The highest BCUT2D eigenvalue weighted by Crippen LogP contribution is 2.30. The van der Waals surface area contributed by atoms with Crippen LogP contribution in [0, 0.1) is 6.92 Å². The number of halogens is 3. The van der Waals surface area contributed by atoms with Crippen molar-refractivity contribution < 1.29 is 22.7 Å². The third-order valence-corrected chi connectivity index (χ3v) is 5.51. The van der Waals surface area contributed by atoms with E-state index in [2.05, 4.69) is 15.3 Å². The number of anilines is 1. The van der Waals surface area contributed by atoms with Gasteiger partial charge in [0, 0.05) is 37.1 Å². The van der Waals surface area contributed by atoms with Crippen LogP contribution in [0.15, 0.2) is 59.4 Å². The molecule has 0 spiro atoms. The molecule has 1 aliphatic heterocycles. The lowest BCUT2D eigenvalue weighted by Crippen LogP contribution is -2.36. The molecule has 10 heteroatoms. The maximum Gasteiger partial charge on any atom is 0.416 e. The number of alkyl halides is 3. The van der Waals surface area contributed by atoms with Gasteiger partial charge in [0.05, 0.1) is 24.5 Å². The van der Waals surface area contributed by atoms with Gasteiger partial charge >= 0.3 is 6.18 Å². The molecule has 3 aromatic rings. The largest absolute Gasteiger partial charge is 0.416 e. The summed E-state index contributed by atoms with van der Waals surface area (Å²) in [6, 6.07) is 13.4. The number of morpholine rings is 1. The zero-order chi connectivity index (χ0) is 24.3. The Hall–Kier alpha value is -3.66. The second kappa shape index (κ2) is 9.68. The van der Waals surface area contributed by atoms with Gasteiger partial charge in [0.15, 0.2) is 5.69 Å². The highest BCUT2D eigenvalue weighted by Gasteiger charge is 2.30. The van der Waals surface area contributed by atoms with Crippen LogP contribution in [0.2, 0.25) is 0 Å². The Morgan fingerprint density at radius 2 is 1.76 bits per heavy atom. The number of carbonyl (C=O) groups is 1. The van der Waals surface area contributed by atoms with Gasteiger partial charge in [-0.25, -0.2) is 4.68 Å². The molecule has 0 aliphatic carbocycles. The molecule has 2 heterocycles. The van der Waals surface area contributed by atoms with Crippen molar-refractivity contribution >= 4 is 11.6 Å². The number of aryl methyl sites for hydroxylation is 1. The van der Waals surface area contributed by atoms with Crippen molar-refractivity contribution in [2.75, 3.05) is 31.2 Å². The summed E-state index contributed by atoms with van der Waals surface area (Å²) in [5.74, 6) is -0.706. The van der Waals surface area contributed by atoms with Gasteiger partial charge in [-0.3, -0.25) is 9.59 Å². The first kappa shape index (κ1) is 23.5. The minimum Gasteiger partial charge on any atom is -0.378 e. The lowest BCUT2D eigenvalue weighted by molar-refractivity contribution is -0.137. The molecular formula is C24H23F3N4O3. The number of hydrogen-bond acceptors (Lipinski definition) is 5. The summed E-state index contributed by atoms with van der Waals surface area (Å²) in [7, 11) is 0. The number of benzene rings is 2. The van der Waals surface area contributed by atoms with Crippen molar-refractivity contribution in [3.63, 3.8) is 0 Å². The molecule has 0 atom stereocenters. The van der Waals surface area contributed by atoms with Gasteiger partial charge in [-0.15, -0.1) is 0 Å². The predicted molar refractivity (Wildman–Crippen MR) is 120 cm³/mol. The van der Waals surface area contributed by atoms with Crippen LogP contribution in [0.3, 0.4) is 0 Å². The van der Waals surface area contributed by atoms with Gasteiger partial charge in [-0.1, -0.05) is 18.2 Å². The average molecular weight is 472 g/mol. The summed E-state index contributed by atoms with van der Waals surface area (Å²) >= 11 is 0. The molecule has 34 heavy (non-hydrogen) atoms. The molecule has 2 aromatic carbocycles. The van der Waals surface area contributed by atoms with E-state index in [1.165, 1.54) is 25.1 Å². The maximum absolute atomic E-state index is 13.1. The molecular weight excluding hydrogens is 449 g/mol. The monoisotopic (exact) mass is 472 g/mol. The van der Waals surface area contributed by atoms with Crippen LogP contribution < -0.4 is 15.6 Å². The first-order valence-electron chi connectivity index (χ1n) is 10.7. The third kappa shape index (κ3) is 5.28. The van der Waals surface area contributed by atoms with E-state index in [9.17, 15) is 22.8 Å². The fraction of sp³-hybridized carbons (Fsp3) is 0.292. The third-order valence-electron chi connectivity index (χ3n) is 5.51. The highest BCUT2D eigenvalue weighted by molar-refractivity contribution is 5.92. The normalized spacial score (nSPS) is 14.2. The standard InChI is InChI=1S/C24H23F3N4O3/c1-16-13-21(32)22(29-31(16)20-4-2-3-18(14-20)24(25,26)27)23(33)28-15-17-5-7-19(8-6-17)30-9-11-34-12-10-30/h2-8,13-14H,9-12,15H2,1H3,(H,28,33). The summed E-state index contributed by atoms with van der Waals surface area (Å²) in [5.41, 5.74) is 0.433. The van der Waals surface area contributed by atoms with E-state index in [1.54, 1.807) is 0 Å². The van der Waals surface area contributed by atoms with Crippen LogP contribution in [0.5, 0.6) is 0 Å². The number of aromatic nitrogens is 2. The molecule has 0 unspecified atom stereocenters. The molecule has 1 aromatic heterocycles. The summed E-state index contributed by atoms with van der Waals surface area (Å²) < 4.78 is 45.8. The number of carbonyl (C=O) groups excluding carboxylic acids is 1. The molecule has 1 fully saturated rings. The number of hydrogen-bond donors (Lipinski definition) is 1. The van der Waals surface area contributed by atoms with Gasteiger partial charge in [0.2, 0.25) is 5.43 Å². The van der Waals surface area contributed by atoms with Crippen molar-refractivity contribution in [1.29, 1.82) is 0 Å². The molecule has 1 aliphatic rings. The smallest absolute Gasteiger partial charge is 0.378 e. The van der Waals surface area contributed by atoms with E-state index in [-0.39, 0.29) is 12.2 Å². The Balaban J connectivity index is 1.50. The first-order chi connectivity index (χ1) is 16.2. The minimum absolute atomic E-state index is 0.0973. The summed E-state index contributed by atoms with van der Waals surface area (Å²) in [6.45, 7) is 4.69. The van der Waals surface area contributed by atoms with E-state index < -0.39 is 28.8 Å². The molecule has 0 bridgehead atoms. The number of nitrogens with one attached hydrogen (secondary N) is 1. The van der Waals surface area contributed by atoms with Crippen LogP contribution >= 0.6 is 0 Å². The number of ether oxygens (including phenoxy) is 1. The van der Waals surface area contributed by atoms with Crippen LogP contribution in [0.25, 0.3) is 5.69 Å². The summed E-state index contributed by atoms with van der Waals surface area (Å²) in [6.07, 6.45) is -4.53. The molecule has 7 nitrogen and oxygen atoms in total.